The number of allylic oxidation sites excluding steroid dienone is 1. The zero-order valence-electron chi connectivity index (χ0n) is 8.95. The quantitative estimate of drug-likeness (QED) is 0.290. The maximum Gasteiger partial charge on any atom is 0.259 e. The first-order valence-electron chi connectivity index (χ1n) is 4.64. The lowest BCUT2D eigenvalue weighted by Gasteiger charge is -2.04. The van der Waals surface area contributed by atoms with Gasteiger partial charge in [-0.15, -0.1) is 0 Å². The molecule has 1 aromatic rings. The fourth-order valence-electron chi connectivity index (χ4n) is 1.25. The molecule has 0 aromatic heterocycles. The number of carbonyl (C=O) groups excluding carboxylic acids is 2. The third kappa shape index (κ3) is 2.70. The molecule has 0 aliphatic heterocycles. The van der Waals surface area contributed by atoms with Crippen LogP contribution in [0, 0.1) is 6.92 Å². The molecular formula is C12H11ClO3. The van der Waals surface area contributed by atoms with Crippen LogP contribution in [0.5, 0.6) is 0 Å². The van der Waals surface area contributed by atoms with E-state index < -0.39 is 11.0 Å². The van der Waals surface area contributed by atoms with E-state index in [2.05, 4.69) is 0 Å². The third-order valence-corrected chi connectivity index (χ3v) is 2.30. The van der Waals surface area contributed by atoms with Gasteiger partial charge in [0.05, 0.1) is 0 Å². The molecule has 0 radical (unpaired) electrons. The van der Waals surface area contributed by atoms with Crippen molar-refractivity contribution in [1.82, 2.24) is 0 Å². The Bertz CT molecular complexity index is 442. The highest BCUT2D eigenvalue weighted by atomic mass is 35.5. The van der Waals surface area contributed by atoms with Crippen LogP contribution in [-0.4, -0.2) is 16.1 Å². The van der Waals surface area contributed by atoms with Crippen molar-refractivity contribution in [2.45, 2.75) is 13.8 Å². The van der Waals surface area contributed by atoms with E-state index in [1.807, 2.05) is 6.92 Å². The first-order valence-corrected chi connectivity index (χ1v) is 5.02. The largest absolute Gasteiger partial charge is 0.506 e. The highest BCUT2D eigenvalue weighted by molar-refractivity contribution is 6.71. The predicted octanol–water partition coefficient (Wildman–Crippen LogP) is 2.62. The van der Waals surface area contributed by atoms with E-state index in [4.69, 9.17) is 11.6 Å². The SMILES string of the molecule is CC(=O)/C(C(=O)Cl)=C(\O)c1ccc(C)cc1. The van der Waals surface area contributed by atoms with Crippen LogP contribution in [0.3, 0.4) is 0 Å². The number of benzene rings is 1. The molecule has 0 saturated heterocycles. The minimum Gasteiger partial charge on any atom is -0.506 e. The number of carbonyl (C=O) groups is 2. The van der Waals surface area contributed by atoms with E-state index in [1.165, 1.54) is 6.92 Å². The minimum atomic E-state index is -0.953. The standard InChI is InChI=1S/C12H11ClO3/c1-7-3-5-9(6-4-7)11(15)10(8(2)14)12(13)16/h3-6,15H,1-2H3/b11-10+. The number of hydrogen-bond donors (Lipinski definition) is 1. The lowest BCUT2D eigenvalue weighted by molar-refractivity contribution is -0.117. The summed E-state index contributed by atoms with van der Waals surface area (Å²) in [6, 6.07) is 6.77. The Morgan fingerprint density at radius 1 is 1.19 bits per heavy atom. The lowest BCUT2D eigenvalue weighted by atomic mass is 10.1. The van der Waals surface area contributed by atoms with Crippen molar-refractivity contribution in [2.24, 2.45) is 0 Å². The Balaban J connectivity index is 3.29. The molecular weight excluding hydrogens is 228 g/mol. The molecule has 16 heavy (non-hydrogen) atoms. The van der Waals surface area contributed by atoms with Gasteiger partial charge in [-0.2, -0.15) is 0 Å². The summed E-state index contributed by atoms with van der Waals surface area (Å²) in [7, 11) is 0. The van der Waals surface area contributed by atoms with Crippen LogP contribution in [0.1, 0.15) is 18.1 Å². The van der Waals surface area contributed by atoms with Crippen LogP contribution < -0.4 is 0 Å². The monoisotopic (exact) mass is 238 g/mol. The predicted molar refractivity (Wildman–Crippen MR) is 62.3 cm³/mol. The molecule has 0 heterocycles. The number of Topliss-reactive ketones (excluding diaryl/α,β-unsaturated/α-hetero) is 1. The molecule has 84 valence electrons. The summed E-state index contributed by atoms with van der Waals surface area (Å²) in [6.45, 7) is 3.07. The minimum absolute atomic E-state index is 0.382. The summed E-state index contributed by atoms with van der Waals surface area (Å²) in [5, 5.41) is 8.81. The van der Waals surface area contributed by atoms with Crippen LogP contribution in [0.15, 0.2) is 29.8 Å². The second kappa shape index (κ2) is 4.94. The van der Waals surface area contributed by atoms with Gasteiger partial charge in [0, 0.05) is 5.56 Å². The van der Waals surface area contributed by atoms with Gasteiger partial charge in [-0.3, -0.25) is 9.59 Å². The van der Waals surface area contributed by atoms with Gasteiger partial charge in [0.2, 0.25) is 0 Å². The number of aliphatic hydroxyl groups excluding tert-OH is 1. The van der Waals surface area contributed by atoms with Gasteiger partial charge >= 0.3 is 0 Å². The summed E-state index contributed by atoms with van der Waals surface area (Å²) < 4.78 is 0. The van der Waals surface area contributed by atoms with Gasteiger partial charge in [0.25, 0.3) is 5.24 Å². The van der Waals surface area contributed by atoms with Gasteiger partial charge in [-0.25, -0.2) is 0 Å². The van der Waals surface area contributed by atoms with Gasteiger partial charge in [-0.05, 0) is 25.4 Å². The fourth-order valence-corrected chi connectivity index (χ4v) is 1.48. The molecule has 0 saturated carbocycles. The normalized spacial score (nSPS) is 11.9. The summed E-state index contributed by atoms with van der Waals surface area (Å²) in [4.78, 5) is 22.1. The molecule has 0 unspecified atom stereocenters. The van der Waals surface area contributed by atoms with Crippen LogP contribution in [0.4, 0.5) is 0 Å². The van der Waals surface area contributed by atoms with E-state index in [1.54, 1.807) is 24.3 Å². The number of hydrogen-bond acceptors (Lipinski definition) is 3. The molecule has 1 rings (SSSR count). The molecule has 0 spiro atoms. The first kappa shape index (κ1) is 12.5. The Morgan fingerprint density at radius 2 is 1.69 bits per heavy atom. The average Bonchev–Trinajstić information content (AvgIpc) is 2.17. The van der Waals surface area contributed by atoms with E-state index in [0.717, 1.165) is 5.56 Å². The molecule has 4 heteroatoms. The van der Waals surface area contributed by atoms with Gasteiger partial charge in [-0.1, -0.05) is 29.8 Å². The van der Waals surface area contributed by atoms with E-state index in [-0.39, 0.29) is 11.3 Å². The van der Waals surface area contributed by atoms with E-state index in [9.17, 15) is 14.7 Å². The Morgan fingerprint density at radius 3 is 2.06 bits per heavy atom. The molecule has 0 bridgehead atoms. The van der Waals surface area contributed by atoms with Crippen molar-refractivity contribution in [3.05, 3.63) is 41.0 Å². The van der Waals surface area contributed by atoms with Gasteiger partial charge in [0.15, 0.2) is 5.78 Å². The molecule has 3 nitrogen and oxygen atoms in total. The molecule has 0 atom stereocenters. The van der Waals surface area contributed by atoms with Crippen molar-refractivity contribution in [2.75, 3.05) is 0 Å². The van der Waals surface area contributed by atoms with Crippen LogP contribution in [-0.2, 0) is 9.59 Å². The average molecular weight is 239 g/mol. The highest BCUT2D eigenvalue weighted by Gasteiger charge is 2.18. The Labute approximate surface area is 98.4 Å². The molecule has 0 amide bonds. The van der Waals surface area contributed by atoms with Crippen molar-refractivity contribution in [3.63, 3.8) is 0 Å². The molecule has 0 aliphatic rings. The summed E-state index contributed by atoms with van der Waals surface area (Å²) >= 11 is 5.24. The van der Waals surface area contributed by atoms with Crippen molar-refractivity contribution in [1.29, 1.82) is 0 Å². The number of rotatable bonds is 3. The number of aliphatic hydroxyl groups is 1. The van der Waals surface area contributed by atoms with Crippen LogP contribution >= 0.6 is 11.6 Å². The third-order valence-electron chi connectivity index (χ3n) is 2.11. The first-order chi connectivity index (χ1) is 7.43. The maximum absolute atomic E-state index is 11.1. The smallest absolute Gasteiger partial charge is 0.259 e. The van der Waals surface area contributed by atoms with Crippen molar-refractivity contribution < 1.29 is 14.7 Å². The number of ketones is 1. The summed E-state index contributed by atoms with van der Waals surface area (Å²) in [5.74, 6) is -0.939. The highest BCUT2D eigenvalue weighted by Crippen LogP contribution is 2.19. The molecule has 1 N–H and O–H groups in total. The summed E-state index contributed by atoms with van der Waals surface area (Å²) in [5.41, 5.74) is 1.02. The number of aryl methyl sites for hydroxylation is 1. The zero-order chi connectivity index (χ0) is 12.3. The second-order valence-electron chi connectivity index (χ2n) is 3.42. The van der Waals surface area contributed by atoms with Gasteiger partial charge < -0.3 is 5.11 Å². The Kier molecular flexibility index (Phi) is 3.85. The van der Waals surface area contributed by atoms with Gasteiger partial charge in [0.1, 0.15) is 11.3 Å². The molecule has 0 aliphatic carbocycles. The summed E-state index contributed by atoms with van der Waals surface area (Å²) in [6.07, 6.45) is 0. The maximum atomic E-state index is 11.1. The topological polar surface area (TPSA) is 54.4 Å². The van der Waals surface area contributed by atoms with Crippen molar-refractivity contribution in [3.8, 4) is 0 Å². The second-order valence-corrected chi connectivity index (χ2v) is 3.76. The van der Waals surface area contributed by atoms with Crippen molar-refractivity contribution >= 4 is 28.4 Å². The van der Waals surface area contributed by atoms with E-state index >= 15 is 0 Å². The lowest BCUT2D eigenvalue weighted by Crippen LogP contribution is -2.07. The molecule has 1 aromatic carbocycles. The number of halogens is 1. The van der Waals surface area contributed by atoms with Crippen LogP contribution in [0.25, 0.3) is 5.76 Å². The molecule has 0 fully saturated rings. The Hall–Kier alpha value is -1.61. The zero-order valence-corrected chi connectivity index (χ0v) is 9.71. The van der Waals surface area contributed by atoms with Crippen LogP contribution in [0.2, 0.25) is 0 Å². The fraction of sp³-hybridized carbons (Fsp3) is 0.167. The van der Waals surface area contributed by atoms with E-state index in [0.29, 0.717) is 5.56 Å².